The average molecular weight is 583 g/mol. The fourth-order valence-electron chi connectivity index (χ4n) is 5.64. The van der Waals surface area contributed by atoms with Crippen molar-refractivity contribution in [2.45, 2.75) is 39.7 Å². The van der Waals surface area contributed by atoms with Crippen molar-refractivity contribution in [2.75, 3.05) is 33.9 Å². The number of carbonyl (C=O) groups excluding carboxylic acids is 2. The maximum atomic E-state index is 13.8. The SMILES string of the molecule is CNC(=O)c1ncc(-c2nn(-c3ccccc3)c(CC(=O)CC3CN(CCOC)O[C@H]3c3ccnc(C)c3)c2C)cc1C. The number of para-hydroxylation sites is 1. The number of amides is 1. The van der Waals surface area contributed by atoms with Gasteiger partial charge in [-0.1, -0.05) is 18.2 Å². The highest BCUT2D eigenvalue weighted by Gasteiger charge is 2.37. The second-order valence-electron chi connectivity index (χ2n) is 11.0. The van der Waals surface area contributed by atoms with Crippen LogP contribution in [0.1, 0.15) is 51.1 Å². The van der Waals surface area contributed by atoms with E-state index in [1.54, 1.807) is 26.6 Å². The zero-order chi connectivity index (χ0) is 30.5. The zero-order valence-corrected chi connectivity index (χ0v) is 25.3. The Kier molecular flexibility index (Phi) is 9.40. The predicted molar refractivity (Wildman–Crippen MR) is 163 cm³/mol. The van der Waals surface area contributed by atoms with Gasteiger partial charge in [-0.15, -0.1) is 0 Å². The van der Waals surface area contributed by atoms with E-state index in [9.17, 15) is 9.59 Å². The third kappa shape index (κ3) is 6.72. The maximum absolute atomic E-state index is 13.8. The summed E-state index contributed by atoms with van der Waals surface area (Å²) in [6, 6.07) is 15.7. The molecule has 0 spiro atoms. The number of rotatable bonds is 11. The topological polar surface area (TPSA) is 111 Å². The van der Waals surface area contributed by atoms with Gasteiger partial charge in [-0.3, -0.25) is 24.4 Å². The van der Waals surface area contributed by atoms with Crippen molar-refractivity contribution < 1.29 is 19.2 Å². The summed E-state index contributed by atoms with van der Waals surface area (Å²) in [6.45, 7) is 7.59. The summed E-state index contributed by atoms with van der Waals surface area (Å²) in [5.41, 5.74) is 7.15. The minimum atomic E-state index is -0.244. The highest BCUT2D eigenvalue weighted by molar-refractivity contribution is 5.93. The molecule has 4 heterocycles. The molecule has 10 heteroatoms. The third-order valence-corrected chi connectivity index (χ3v) is 7.82. The van der Waals surface area contributed by atoms with E-state index < -0.39 is 0 Å². The van der Waals surface area contributed by atoms with E-state index in [2.05, 4.69) is 15.3 Å². The number of ketones is 1. The van der Waals surface area contributed by atoms with Crippen LogP contribution in [0.3, 0.4) is 0 Å². The lowest BCUT2D eigenvalue weighted by atomic mass is 9.90. The fourth-order valence-corrected chi connectivity index (χ4v) is 5.64. The predicted octanol–water partition coefficient (Wildman–Crippen LogP) is 4.37. The van der Waals surface area contributed by atoms with E-state index >= 15 is 0 Å². The Bertz CT molecular complexity index is 1600. The van der Waals surface area contributed by atoms with Crippen molar-refractivity contribution >= 4 is 11.7 Å². The molecule has 1 amide bonds. The van der Waals surface area contributed by atoms with Crippen molar-refractivity contribution in [3.8, 4) is 16.9 Å². The number of Topliss-reactive ketones (excluding diaryl/α,β-unsaturated/α-hetero) is 1. The molecule has 0 saturated carbocycles. The van der Waals surface area contributed by atoms with Gasteiger partial charge in [0.1, 0.15) is 17.6 Å². The molecule has 1 aromatic carbocycles. The van der Waals surface area contributed by atoms with Crippen LogP contribution in [0.25, 0.3) is 16.9 Å². The summed E-state index contributed by atoms with van der Waals surface area (Å²) in [5.74, 6) is -0.157. The molecule has 1 fully saturated rings. The number of aryl methyl sites for hydroxylation is 2. The Balaban J connectivity index is 1.44. The Labute approximate surface area is 252 Å². The number of nitrogens with one attached hydrogen (secondary N) is 1. The molecule has 43 heavy (non-hydrogen) atoms. The molecule has 224 valence electrons. The Morgan fingerprint density at radius 2 is 1.88 bits per heavy atom. The Hall–Kier alpha value is -4.25. The molecule has 0 aliphatic carbocycles. The van der Waals surface area contributed by atoms with Gasteiger partial charge in [0.15, 0.2) is 0 Å². The first-order chi connectivity index (χ1) is 20.8. The van der Waals surface area contributed by atoms with Crippen LogP contribution in [0.15, 0.2) is 60.9 Å². The number of aromatic nitrogens is 4. The molecule has 1 N–H and O–H groups in total. The Morgan fingerprint density at radius 1 is 1.09 bits per heavy atom. The van der Waals surface area contributed by atoms with Crippen LogP contribution >= 0.6 is 0 Å². The van der Waals surface area contributed by atoms with Crippen molar-refractivity contribution in [1.82, 2.24) is 30.1 Å². The van der Waals surface area contributed by atoms with Gasteiger partial charge in [0.05, 0.1) is 23.7 Å². The number of hydrogen-bond acceptors (Lipinski definition) is 8. The first-order valence-corrected chi connectivity index (χ1v) is 14.5. The van der Waals surface area contributed by atoms with Gasteiger partial charge < -0.3 is 10.1 Å². The van der Waals surface area contributed by atoms with E-state index in [1.165, 1.54) is 0 Å². The molecule has 3 aromatic heterocycles. The number of ether oxygens (including phenoxy) is 1. The van der Waals surface area contributed by atoms with Crippen molar-refractivity contribution in [2.24, 2.45) is 5.92 Å². The largest absolute Gasteiger partial charge is 0.383 e. The Morgan fingerprint density at radius 3 is 2.58 bits per heavy atom. The van der Waals surface area contributed by atoms with Crippen LogP contribution in [-0.2, 0) is 20.8 Å². The second kappa shape index (κ2) is 13.4. The van der Waals surface area contributed by atoms with Gasteiger partial charge in [0.2, 0.25) is 0 Å². The van der Waals surface area contributed by atoms with Crippen molar-refractivity contribution in [1.29, 1.82) is 0 Å². The van der Waals surface area contributed by atoms with Crippen molar-refractivity contribution in [3.05, 3.63) is 94.7 Å². The molecule has 1 aliphatic heterocycles. The lowest BCUT2D eigenvalue weighted by Gasteiger charge is -2.18. The smallest absolute Gasteiger partial charge is 0.269 e. The lowest BCUT2D eigenvalue weighted by Crippen LogP contribution is -2.24. The molecule has 2 atom stereocenters. The molecule has 4 aromatic rings. The molecular weight excluding hydrogens is 544 g/mol. The number of methoxy groups -OCH3 is 1. The minimum absolute atomic E-state index is 0.0249. The van der Waals surface area contributed by atoms with Gasteiger partial charge in [0.25, 0.3) is 5.91 Å². The second-order valence-corrected chi connectivity index (χ2v) is 11.0. The van der Waals surface area contributed by atoms with E-state index in [0.29, 0.717) is 31.8 Å². The summed E-state index contributed by atoms with van der Waals surface area (Å²) in [6.07, 6.45) is 3.77. The van der Waals surface area contributed by atoms with Crippen LogP contribution in [0.5, 0.6) is 0 Å². The van der Waals surface area contributed by atoms with Crippen LogP contribution < -0.4 is 5.32 Å². The van der Waals surface area contributed by atoms with E-state index in [-0.39, 0.29) is 30.1 Å². The van der Waals surface area contributed by atoms with Crippen LogP contribution in [-0.4, -0.2) is 70.4 Å². The molecule has 1 aliphatic rings. The first kappa shape index (κ1) is 30.2. The van der Waals surface area contributed by atoms with Crippen molar-refractivity contribution in [3.63, 3.8) is 0 Å². The summed E-state index contributed by atoms with van der Waals surface area (Å²) in [7, 11) is 3.25. The summed E-state index contributed by atoms with van der Waals surface area (Å²) in [5, 5.41) is 9.49. The number of nitrogens with zero attached hydrogens (tertiary/aromatic N) is 5. The summed E-state index contributed by atoms with van der Waals surface area (Å²) in [4.78, 5) is 41.1. The average Bonchev–Trinajstić information content (AvgIpc) is 3.56. The molecule has 0 radical (unpaired) electrons. The van der Waals surface area contributed by atoms with Crippen LogP contribution in [0.4, 0.5) is 0 Å². The third-order valence-electron chi connectivity index (χ3n) is 7.82. The number of hydrogen-bond donors (Lipinski definition) is 1. The standard InChI is InChI=1S/C33H38N6O4/c1-21-15-25(19-36-30(21)33(41)34-4)31-23(3)29(39(37-31)27-9-7-6-8-10-27)18-28(40)17-26-20-38(13-14-42-5)43-32(26)24-11-12-35-22(2)16-24/h6-12,15-16,19,26,32H,13-14,17-18,20H2,1-5H3,(H,34,41)/t26?,32-/m0/s1. The molecule has 5 rings (SSSR count). The summed E-state index contributed by atoms with van der Waals surface area (Å²) < 4.78 is 7.12. The van der Waals surface area contributed by atoms with Gasteiger partial charge in [-0.2, -0.15) is 10.2 Å². The minimum Gasteiger partial charge on any atom is -0.383 e. The molecule has 10 nitrogen and oxygen atoms in total. The fraction of sp³-hybridized carbons (Fsp3) is 0.364. The number of benzene rings is 1. The van der Waals surface area contributed by atoms with E-state index in [1.807, 2.05) is 79.0 Å². The monoisotopic (exact) mass is 582 g/mol. The zero-order valence-electron chi connectivity index (χ0n) is 25.3. The van der Waals surface area contributed by atoms with E-state index in [0.717, 1.165) is 45.0 Å². The summed E-state index contributed by atoms with van der Waals surface area (Å²) >= 11 is 0. The molecule has 0 bridgehead atoms. The highest BCUT2D eigenvalue weighted by atomic mass is 16.7. The highest BCUT2D eigenvalue weighted by Crippen LogP contribution is 2.37. The van der Waals surface area contributed by atoms with E-state index in [4.69, 9.17) is 14.7 Å². The van der Waals surface area contributed by atoms with Gasteiger partial charge in [-0.05, 0) is 67.8 Å². The maximum Gasteiger partial charge on any atom is 0.269 e. The molecule has 1 unspecified atom stereocenters. The van der Waals surface area contributed by atoms with Gasteiger partial charge >= 0.3 is 0 Å². The normalized spacial score (nSPS) is 16.9. The quantitative estimate of drug-likeness (QED) is 0.278. The van der Waals surface area contributed by atoms with Gasteiger partial charge in [-0.25, -0.2) is 4.68 Å². The van der Waals surface area contributed by atoms with Crippen LogP contribution in [0.2, 0.25) is 0 Å². The molecular formula is C33H38N6O4. The number of hydroxylamine groups is 2. The number of carbonyl (C=O) groups is 2. The lowest BCUT2D eigenvalue weighted by molar-refractivity contribution is -0.155. The van der Waals surface area contributed by atoms with Gasteiger partial charge in [0, 0.05) is 69.7 Å². The van der Waals surface area contributed by atoms with Crippen LogP contribution in [0, 0.1) is 26.7 Å². The number of pyridine rings is 2. The molecule has 1 saturated heterocycles. The first-order valence-electron chi connectivity index (χ1n) is 14.5.